The molecule has 0 saturated carbocycles. The summed E-state index contributed by atoms with van der Waals surface area (Å²) in [4.78, 5) is 2.33. The monoisotopic (exact) mass is 677 g/mol. The number of anilines is 3. The molecule has 0 aliphatic heterocycles. The number of nitrogens with zero attached hydrogens (tertiary/aromatic N) is 1. The summed E-state index contributed by atoms with van der Waals surface area (Å²) in [6.07, 6.45) is 0. The number of rotatable bonds is 5. The lowest BCUT2D eigenvalue weighted by atomic mass is 9.97. The SMILES string of the molecule is c1ccc(-c2cccc3c2oc2c(N(c4ccc(-c5ccc6c(ccc7ccccc76)c5)cc4)c4cccc5oc6ccccc6c45)cccc23)cc1. The third-order valence-electron chi connectivity index (χ3n) is 10.7. The molecular formula is C50H31NO2. The molecule has 53 heavy (non-hydrogen) atoms. The van der Waals surface area contributed by atoms with Crippen molar-refractivity contribution in [2.45, 2.75) is 0 Å². The molecule has 0 amide bonds. The first-order valence-corrected chi connectivity index (χ1v) is 18.0. The molecule has 0 aliphatic carbocycles. The Balaban J connectivity index is 1.12. The molecule has 0 saturated heterocycles. The molecule has 3 heteroatoms. The van der Waals surface area contributed by atoms with Crippen LogP contribution in [0.2, 0.25) is 0 Å². The summed E-state index contributed by atoms with van der Waals surface area (Å²) in [5, 5.41) is 9.34. The second-order valence-corrected chi connectivity index (χ2v) is 13.7. The number of hydrogen-bond acceptors (Lipinski definition) is 3. The van der Waals surface area contributed by atoms with Crippen LogP contribution in [-0.4, -0.2) is 0 Å². The highest BCUT2D eigenvalue weighted by Crippen LogP contribution is 2.47. The van der Waals surface area contributed by atoms with Gasteiger partial charge in [-0.25, -0.2) is 0 Å². The maximum absolute atomic E-state index is 6.97. The average Bonchev–Trinajstić information content (AvgIpc) is 3.81. The second kappa shape index (κ2) is 11.7. The first-order chi connectivity index (χ1) is 26.3. The van der Waals surface area contributed by atoms with Gasteiger partial charge in [0.05, 0.1) is 16.8 Å². The fourth-order valence-electron chi connectivity index (χ4n) is 8.17. The van der Waals surface area contributed by atoms with Gasteiger partial charge >= 0.3 is 0 Å². The highest BCUT2D eigenvalue weighted by atomic mass is 16.3. The molecule has 0 bridgehead atoms. The van der Waals surface area contributed by atoms with E-state index in [1.165, 1.54) is 27.1 Å². The minimum atomic E-state index is 0.835. The fourth-order valence-corrected chi connectivity index (χ4v) is 8.17. The summed E-state index contributed by atoms with van der Waals surface area (Å²) < 4.78 is 13.4. The van der Waals surface area contributed by atoms with Crippen molar-refractivity contribution in [1.82, 2.24) is 0 Å². The van der Waals surface area contributed by atoms with Crippen LogP contribution >= 0.6 is 0 Å². The quantitative estimate of drug-likeness (QED) is 0.170. The topological polar surface area (TPSA) is 29.5 Å². The third-order valence-corrected chi connectivity index (χ3v) is 10.7. The first kappa shape index (κ1) is 29.6. The summed E-state index contributed by atoms with van der Waals surface area (Å²) in [6, 6.07) is 66.6. The summed E-state index contributed by atoms with van der Waals surface area (Å²) >= 11 is 0. The van der Waals surface area contributed by atoms with Crippen molar-refractivity contribution < 1.29 is 8.83 Å². The average molecular weight is 678 g/mol. The van der Waals surface area contributed by atoms with Crippen LogP contribution in [0.25, 0.3) is 87.7 Å². The van der Waals surface area contributed by atoms with Crippen molar-refractivity contribution in [2.75, 3.05) is 4.90 Å². The number of hydrogen-bond donors (Lipinski definition) is 0. The number of fused-ring (bicyclic) bond motifs is 9. The molecule has 2 aromatic heterocycles. The molecule has 3 nitrogen and oxygen atoms in total. The fraction of sp³-hybridized carbons (Fsp3) is 0. The van der Waals surface area contributed by atoms with Crippen LogP contribution in [-0.2, 0) is 0 Å². The minimum absolute atomic E-state index is 0.835. The lowest BCUT2D eigenvalue weighted by molar-refractivity contribution is 0.668. The number of para-hydroxylation sites is 3. The Morgan fingerprint density at radius 1 is 0.340 bits per heavy atom. The Bertz CT molecular complexity index is 3170. The zero-order valence-corrected chi connectivity index (χ0v) is 28.7. The van der Waals surface area contributed by atoms with Crippen molar-refractivity contribution in [3.8, 4) is 22.3 Å². The molecule has 0 spiro atoms. The van der Waals surface area contributed by atoms with Gasteiger partial charge in [-0.3, -0.25) is 0 Å². The first-order valence-electron chi connectivity index (χ1n) is 18.0. The van der Waals surface area contributed by atoms with Crippen LogP contribution in [0.1, 0.15) is 0 Å². The molecule has 0 radical (unpaired) electrons. The van der Waals surface area contributed by atoms with E-state index in [0.717, 1.165) is 77.6 Å². The molecule has 11 rings (SSSR count). The lowest BCUT2D eigenvalue weighted by Gasteiger charge is -2.26. The van der Waals surface area contributed by atoms with Crippen molar-refractivity contribution in [2.24, 2.45) is 0 Å². The maximum Gasteiger partial charge on any atom is 0.159 e. The molecule has 11 aromatic rings. The van der Waals surface area contributed by atoms with Crippen molar-refractivity contribution >= 4 is 82.5 Å². The summed E-state index contributed by atoms with van der Waals surface area (Å²) in [5.74, 6) is 0. The Morgan fingerprint density at radius 3 is 1.87 bits per heavy atom. The van der Waals surface area contributed by atoms with E-state index in [1.54, 1.807) is 0 Å². The van der Waals surface area contributed by atoms with Gasteiger partial charge in [-0.15, -0.1) is 0 Å². The van der Waals surface area contributed by atoms with E-state index in [0.29, 0.717) is 0 Å². The molecule has 248 valence electrons. The normalized spacial score (nSPS) is 11.8. The van der Waals surface area contributed by atoms with Gasteiger partial charge in [-0.05, 0) is 80.7 Å². The van der Waals surface area contributed by atoms with Crippen molar-refractivity contribution in [3.05, 3.63) is 188 Å². The molecule has 2 heterocycles. The second-order valence-electron chi connectivity index (χ2n) is 13.7. The van der Waals surface area contributed by atoms with Crippen molar-refractivity contribution in [1.29, 1.82) is 0 Å². The highest BCUT2D eigenvalue weighted by molar-refractivity contribution is 6.17. The molecular weight excluding hydrogens is 647 g/mol. The predicted octanol–water partition coefficient (Wildman–Crippen LogP) is 14.6. The van der Waals surface area contributed by atoms with Crippen molar-refractivity contribution in [3.63, 3.8) is 0 Å². The Labute approximate surface area is 305 Å². The smallest absolute Gasteiger partial charge is 0.159 e. The highest BCUT2D eigenvalue weighted by Gasteiger charge is 2.24. The standard InChI is InChI=1S/C50H31NO2/c1-2-11-33(12-3-1)40-16-8-17-41-42-18-9-20-45(50(42)53-49(40)41)51(44-19-10-22-47-48(44)43-15-6-7-21-46(43)52-47)37-28-25-32(26-29-37)35-27-30-39-36(31-35)24-23-34-13-4-5-14-38(34)39/h1-31H. The lowest BCUT2D eigenvalue weighted by Crippen LogP contribution is -2.10. The molecule has 0 atom stereocenters. The van der Waals surface area contributed by atoms with Gasteiger partial charge in [-0.1, -0.05) is 146 Å². The Morgan fingerprint density at radius 2 is 0.981 bits per heavy atom. The van der Waals surface area contributed by atoms with Gasteiger partial charge in [0.15, 0.2) is 5.58 Å². The molecule has 0 fully saturated rings. The summed E-state index contributed by atoms with van der Waals surface area (Å²) in [5.41, 5.74) is 11.0. The van der Waals surface area contributed by atoms with E-state index in [1.807, 2.05) is 18.2 Å². The van der Waals surface area contributed by atoms with Crippen LogP contribution in [0.4, 0.5) is 17.1 Å². The number of benzene rings is 9. The molecule has 0 N–H and O–H groups in total. The molecule has 0 aliphatic rings. The van der Waals surface area contributed by atoms with Crippen LogP contribution in [0.5, 0.6) is 0 Å². The Kier molecular flexibility index (Phi) is 6.55. The maximum atomic E-state index is 6.97. The minimum Gasteiger partial charge on any atom is -0.456 e. The van der Waals surface area contributed by atoms with Crippen LogP contribution in [0.15, 0.2) is 197 Å². The van der Waals surface area contributed by atoms with Gasteiger partial charge in [0.2, 0.25) is 0 Å². The van der Waals surface area contributed by atoms with Gasteiger partial charge in [0.25, 0.3) is 0 Å². The van der Waals surface area contributed by atoms with E-state index < -0.39 is 0 Å². The third kappa shape index (κ3) is 4.68. The van der Waals surface area contributed by atoms with Crippen LogP contribution < -0.4 is 4.90 Å². The van der Waals surface area contributed by atoms with Gasteiger partial charge in [0, 0.05) is 27.4 Å². The summed E-state index contributed by atoms with van der Waals surface area (Å²) in [7, 11) is 0. The van der Waals surface area contributed by atoms with E-state index in [9.17, 15) is 0 Å². The zero-order chi connectivity index (χ0) is 34.9. The van der Waals surface area contributed by atoms with Gasteiger partial charge < -0.3 is 13.7 Å². The predicted molar refractivity (Wildman–Crippen MR) is 222 cm³/mol. The number of furan rings is 2. The van der Waals surface area contributed by atoms with Crippen LogP contribution in [0.3, 0.4) is 0 Å². The van der Waals surface area contributed by atoms with E-state index in [2.05, 4.69) is 175 Å². The summed E-state index contributed by atoms with van der Waals surface area (Å²) in [6.45, 7) is 0. The Hall–Kier alpha value is -7.10. The van der Waals surface area contributed by atoms with E-state index >= 15 is 0 Å². The molecule has 0 unspecified atom stereocenters. The van der Waals surface area contributed by atoms with E-state index in [4.69, 9.17) is 8.83 Å². The van der Waals surface area contributed by atoms with Gasteiger partial charge in [-0.2, -0.15) is 0 Å². The molecule has 9 aromatic carbocycles. The largest absolute Gasteiger partial charge is 0.456 e. The van der Waals surface area contributed by atoms with Gasteiger partial charge in [0.1, 0.15) is 16.7 Å². The van der Waals surface area contributed by atoms with Crippen LogP contribution in [0, 0.1) is 0 Å². The zero-order valence-electron chi connectivity index (χ0n) is 28.7. The van der Waals surface area contributed by atoms with E-state index in [-0.39, 0.29) is 0 Å².